The van der Waals surface area contributed by atoms with E-state index in [4.69, 9.17) is 0 Å². The third kappa shape index (κ3) is 4.18. The van der Waals surface area contributed by atoms with E-state index in [1.54, 1.807) is 0 Å². The van der Waals surface area contributed by atoms with Crippen molar-refractivity contribution in [2.75, 3.05) is 20.1 Å². The maximum Gasteiger partial charge on any atom is 0.0766 e. The van der Waals surface area contributed by atoms with E-state index >= 15 is 0 Å². The van der Waals surface area contributed by atoms with Crippen molar-refractivity contribution in [3.05, 3.63) is 48.3 Å². The Hall–Kier alpha value is -1.65. The number of para-hydroxylation sites is 1. The molecule has 20 heavy (non-hydrogen) atoms. The van der Waals surface area contributed by atoms with Crippen molar-refractivity contribution in [2.24, 2.45) is 0 Å². The molecule has 1 N–H and O–H groups in total. The van der Waals surface area contributed by atoms with Gasteiger partial charge in [0.15, 0.2) is 0 Å². The molecule has 1 heterocycles. The second-order valence-electron chi connectivity index (χ2n) is 5.34. The Bertz CT molecular complexity index is 504. The van der Waals surface area contributed by atoms with E-state index in [9.17, 15) is 0 Å². The highest BCUT2D eigenvalue weighted by Gasteiger charge is 2.03. The summed E-state index contributed by atoms with van der Waals surface area (Å²) in [4.78, 5) is 2.33. The maximum atomic E-state index is 4.57. The molecule has 0 aliphatic carbocycles. The average molecular weight is 272 g/mol. The first-order valence-electron chi connectivity index (χ1n) is 7.18. The molecule has 1 aromatic heterocycles. The van der Waals surface area contributed by atoms with E-state index in [0.29, 0.717) is 6.04 Å². The van der Waals surface area contributed by atoms with Gasteiger partial charge < -0.3 is 10.2 Å². The average Bonchev–Trinajstić information content (AvgIpc) is 2.93. The summed E-state index contributed by atoms with van der Waals surface area (Å²) in [6, 6.07) is 12.8. The van der Waals surface area contributed by atoms with Crippen LogP contribution in [0.2, 0.25) is 0 Å². The lowest BCUT2D eigenvalue weighted by Gasteiger charge is -2.20. The molecule has 0 bridgehead atoms. The minimum absolute atomic E-state index is 0.592. The van der Waals surface area contributed by atoms with Crippen molar-refractivity contribution in [2.45, 2.75) is 26.4 Å². The summed E-state index contributed by atoms with van der Waals surface area (Å²) >= 11 is 0. The molecule has 4 heteroatoms. The molecule has 0 amide bonds. The van der Waals surface area contributed by atoms with Crippen LogP contribution in [0.3, 0.4) is 0 Å². The lowest BCUT2D eigenvalue weighted by atomic mass is 10.3. The summed E-state index contributed by atoms with van der Waals surface area (Å²) in [5.41, 5.74) is 2.17. The number of likely N-dealkylation sites (N-methyl/N-ethyl adjacent to an activating group) is 1. The number of nitrogens with zero attached hydrogens (tertiary/aromatic N) is 3. The van der Waals surface area contributed by atoms with Gasteiger partial charge in [0.2, 0.25) is 0 Å². The molecule has 108 valence electrons. The van der Waals surface area contributed by atoms with Gasteiger partial charge in [-0.15, -0.1) is 0 Å². The van der Waals surface area contributed by atoms with Crippen molar-refractivity contribution in [1.29, 1.82) is 0 Å². The van der Waals surface area contributed by atoms with Gasteiger partial charge in [0.1, 0.15) is 0 Å². The first kappa shape index (κ1) is 14.8. The molecule has 0 saturated heterocycles. The smallest absolute Gasteiger partial charge is 0.0766 e. The second kappa shape index (κ2) is 7.22. The van der Waals surface area contributed by atoms with E-state index in [1.165, 1.54) is 0 Å². The zero-order valence-corrected chi connectivity index (χ0v) is 12.6. The minimum Gasteiger partial charge on any atom is -0.310 e. The Kier molecular flexibility index (Phi) is 5.32. The molecule has 0 spiro atoms. The zero-order valence-electron chi connectivity index (χ0n) is 12.6. The van der Waals surface area contributed by atoms with E-state index in [1.807, 2.05) is 29.1 Å². The Labute approximate surface area is 121 Å². The number of benzene rings is 1. The Morgan fingerprint density at radius 2 is 1.95 bits per heavy atom. The van der Waals surface area contributed by atoms with Crippen molar-refractivity contribution in [1.82, 2.24) is 20.0 Å². The summed E-state index contributed by atoms with van der Waals surface area (Å²) in [6.07, 6.45) is 2.01. The number of hydrogen-bond acceptors (Lipinski definition) is 3. The van der Waals surface area contributed by atoms with Crippen LogP contribution in [0.4, 0.5) is 0 Å². The standard InChI is InChI=1S/C16H24N4/c1-14(2)19(3)12-10-17-13-15-9-11-20(18-15)16-7-5-4-6-8-16/h4-9,11,14,17H,10,12-13H2,1-3H3. The van der Waals surface area contributed by atoms with E-state index in [2.05, 4.69) is 54.4 Å². The van der Waals surface area contributed by atoms with Gasteiger partial charge >= 0.3 is 0 Å². The Balaban J connectivity index is 1.79. The third-order valence-corrected chi connectivity index (χ3v) is 3.49. The molecular formula is C16H24N4. The molecule has 0 aliphatic heterocycles. The van der Waals surface area contributed by atoms with Crippen LogP contribution in [-0.2, 0) is 6.54 Å². The number of aromatic nitrogens is 2. The molecule has 0 aliphatic rings. The third-order valence-electron chi connectivity index (χ3n) is 3.49. The molecule has 1 aromatic carbocycles. The SMILES string of the molecule is CC(C)N(C)CCNCc1ccn(-c2ccccc2)n1. The van der Waals surface area contributed by atoms with Gasteiger partial charge in [-0.05, 0) is 39.1 Å². The van der Waals surface area contributed by atoms with Gasteiger partial charge in [0.25, 0.3) is 0 Å². The molecular weight excluding hydrogens is 248 g/mol. The normalized spacial score (nSPS) is 11.4. The van der Waals surface area contributed by atoms with Gasteiger partial charge in [0.05, 0.1) is 11.4 Å². The van der Waals surface area contributed by atoms with Crippen molar-refractivity contribution < 1.29 is 0 Å². The molecule has 2 rings (SSSR count). The van der Waals surface area contributed by atoms with Gasteiger partial charge in [-0.3, -0.25) is 0 Å². The quantitative estimate of drug-likeness (QED) is 0.785. The highest BCUT2D eigenvalue weighted by molar-refractivity contribution is 5.30. The first-order chi connectivity index (χ1) is 9.66. The monoisotopic (exact) mass is 272 g/mol. The van der Waals surface area contributed by atoms with Gasteiger partial charge in [-0.2, -0.15) is 5.10 Å². The fourth-order valence-electron chi connectivity index (χ4n) is 1.91. The van der Waals surface area contributed by atoms with Crippen LogP contribution in [0.1, 0.15) is 19.5 Å². The second-order valence-corrected chi connectivity index (χ2v) is 5.34. The number of hydrogen-bond donors (Lipinski definition) is 1. The number of nitrogens with one attached hydrogen (secondary N) is 1. The largest absolute Gasteiger partial charge is 0.310 e. The van der Waals surface area contributed by atoms with Crippen LogP contribution >= 0.6 is 0 Å². The highest BCUT2D eigenvalue weighted by atomic mass is 15.3. The highest BCUT2D eigenvalue weighted by Crippen LogP contribution is 2.06. The Morgan fingerprint density at radius 1 is 1.20 bits per heavy atom. The molecule has 0 radical (unpaired) electrons. The van der Waals surface area contributed by atoms with Crippen LogP contribution in [0.5, 0.6) is 0 Å². The van der Waals surface area contributed by atoms with Crippen LogP contribution in [0.25, 0.3) is 5.69 Å². The predicted molar refractivity (Wildman–Crippen MR) is 83.0 cm³/mol. The minimum atomic E-state index is 0.592. The molecule has 0 saturated carbocycles. The van der Waals surface area contributed by atoms with E-state index in [-0.39, 0.29) is 0 Å². The van der Waals surface area contributed by atoms with Crippen LogP contribution < -0.4 is 5.32 Å². The molecule has 0 fully saturated rings. The molecule has 0 atom stereocenters. The Morgan fingerprint density at radius 3 is 2.65 bits per heavy atom. The van der Waals surface area contributed by atoms with Gasteiger partial charge in [-0.1, -0.05) is 18.2 Å². The lowest BCUT2D eigenvalue weighted by molar-refractivity contribution is 0.273. The molecule has 0 unspecified atom stereocenters. The summed E-state index contributed by atoms with van der Waals surface area (Å²) in [5, 5.41) is 8.01. The van der Waals surface area contributed by atoms with E-state index < -0.39 is 0 Å². The fraction of sp³-hybridized carbons (Fsp3) is 0.438. The van der Waals surface area contributed by atoms with Crippen molar-refractivity contribution in [3.63, 3.8) is 0 Å². The van der Waals surface area contributed by atoms with E-state index in [0.717, 1.165) is 31.0 Å². The van der Waals surface area contributed by atoms with Crippen LogP contribution in [-0.4, -0.2) is 40.9 Å². The lowest BCUT2D eigenvalue weighted by Crippen LogP contribution is -2.33. The molecule has 4 nitrogen and oxygen atoms in total. The summed E-state index contributed by atoms with van der Waals surface area (Å²) in [5.74, 6) is 0. The van der Waals surface area contributed by atoms with Crippen LogP contribution in [0.15, 0.2) is 42.6 Å². The maximum absolute atomic E-state index is 4.57. The number of rotatable bonds is 7. The van der Waals surface area contributed by atoms with Crippen molar-refractivity contribution in [3.8, 4) is 5.69 Å². The van der Waals surface area contributed by atoms with Gasteiger partial charge in [-0.25, -0.2) is 4.68 Å². The van der Waals surface area contributed by atoms with Crippen LogP contribution in [0, 0.1) is 0 Å². The summed E-state index contributed by atoms with van der Waals surface area (Å²) in [7, 11) is 2.15. The van der Waals surface area contributed by atoms with Gasteiger partial charge in [0, 0.05) is 31.9 Å². The fourth-order valence-corrected chi connectivity index (χ4v) is 1.91. The summed E-state index contributed by atoms with van der Waals surface area (Å²) < 4.78 is 1.91. The summed E-state index contributed by atoms with van der Waals surface area (Å²) in [6.45, 7) is 7.26. The predicted octanol–water partition coefficient (Wildman–Crippen LogP) is 2.30. The topological polar surface area (TPSA) is 33.1 Å². The van der Waals surface area contributed by atoms with Crippen molar-refractivity contribution >= 4 is 0 Å². The molecule has 2 aromatic rings. The zero-order chi connectivity index (χ0) is 14.4. The first-order valence-corrected chi connectivity index (χ1v) is 7.18.